The number of nitrogens with one attached hydrogen (secondary N) is 1. The molecule has 1 aliphatic rings. The Labute approximate surface area is 166 Å². The Bertz CT molecular complexity index is 770. The molecule has 1 N–H and O–H groups in total. The Morgan fingerprint density at radius 1 is 1.18 bits per heavy atom. The summed E-state index contributed by atoms with van der Waals surface area (Å²) in [6.45, 7) is 5.10. The van der Waals surface area contributed by atoms with Crippen molar-refractivity contribution in [1.82, 2.24) is 19.4 Å². The third-order valence-electron chi connectivity index (χ3n) is 5.05. The number of piperidine rings is 1. The predicted molar refractivity (Wildman–Crippen MR) is 112 cm³/mol. The Kier molecular flexibility index (Phi) is 7.45. The minimum absolute atomic E-state index is 0.0389. The first-order valence-electron chi connectivity index (χ1n) is 9.99. The van der Waals surface area contributed by atoms with Crippen LogP contribution < -0.4 is 15.6 Å². The van der Waals surface area contributed by atoms with Crippen molar-refractivity contribution >= 4 is 5.82 Å². The normalized spacial score (nSPS) is 15.7. The zero-order valence-corrected chi connectivity index (χ0v) is 16.9. The van der Waals surface area contributed by atoms with Crippen LogP contribution in [-0.2, 0) is 6.54 Å². The number of aromatic nitrogens is 2. The molecule has 1 aliphatic heterocycles. The summed E-state index contributed by atoms with van der Waals surface area (Å²) in [5, 5.41) is 3.36. The molecule has 1 aromatic heterocycles. The number of benzene rings is 1. The summed E-state index contributed by atoms with van der Waals surface area (Å²) in [6.07, 6.45) is 5.46. The van der Waals surface area contributed by atoms with Crippen molar-refractivity contribution in [3.63, 3.8) is 0 Å². The second kappa shape index (κ2) is 10.2. The van der Waals surface area contributed by atoms with Crippen LogP contribution in [0.1, 0.15) is 12.8 Å². The minimum Gasteiger partial charge on any atom is -0.492 e. The molecule has 152 valence electrons. The van der Waals surface area contributed by atoms with E-state index in [1.165, 1.54) is 0 Å². The highest BCUT2D eigenvalue weighted by atomic mass is 16.5. The molecule has 7 nitrogen and oxygen atoms in total. The van der Waals surface area contributed by atoms with Crippen LogP contribution in [0.2, 0.25) is 0 Å². The molecular weight excluding hydrogens is 354 g/mol. The number of anilines is 1. The maximum Gasteiger partial charge on any atom is 0.293 e. The van der Waals surface area contributed by atoms with E-state index in [1.807, 2.05) is 44.4 Å². The number of likely N-dealkylation sites (tertiary alicyclic amines) is 1. The average Bonchev–Trinajstić information content (AvgIpc) is 2.71. The molecular formula is C21H31N5O2. The van der Waals surface area contributed by atoms with Gasteiger partial charge >= 0.3 is 0 Å². The Balaban J connectivity index is 1.43. The summed E-state index contributed by atoms with van der Waals surface area (Å²) in [4.78, 5) is 21.3. The number of hydrogen-bond acceptors (Lipinski definition) is 6. The molecule has 0 aliphatic carbocycles. The highest BCUT2D eigenvalue weighted by Gasteiger charge is 2.20. The zero-order chi connectivity index (χ0) is 19.8. The number of likely N-dealkylation sites (N-methyl/N-ethyl adjacent to an activating group) is 1. The van der Waals surface area contributed by atoms with E-state index in [1.54, 1.807) is 17.0 Å². The summed E-state index contributed by atoms with van der Waals surface area (Å²) in [7, 11) is 4.01. The molecule has 0 saturated carbocycles. The van der Waals surface area contributed by atoms with Gasteiger partial charge in [0.15, 0.2) is 5.82 Å². The van der Waals surface area contributed by atoms with Gasteiger partial charge in [-0.25, -0.2) is 4.98 Å². The fourth-order valence-corrected chi connectivity index (χ4v) is 3.33. The second-order valence-electron chi connectivity index (χ2n) is 7.50. The smallest absolute Gasteiger partial charge is 0.293 e. The number of ether oxygens (including phenoxy) is 1. The summed E-state index contributed by atoms with van der Waals surface area (Å²) >= 11 is 0. The lowest BCUT2D eigenvalue weighted by Gasteiger charge is -2.32. The molecule has 0 atom stereocenters. The summed E-state index contributed by atoms with van der Waals surface area (Å²) < 4.78 is 7.51. The quantitative estimate of drug-likeness (QED) is 0.710. The van der Waals surface area contributed by atoms with Crippen molar-refractivity contribution in [3.05, 3.63) is 53.1 Å². The van der Waals surface area contributed by atoms with Crippen LogP contribution in [0.4, 0.5) is 5.82 Å². The van der Waals surface area contributed by atoms with Crippen molar-refractivity contribution in [3.8, 4) is 5.75 Å². The number of para-hydroxylation sites is 1. The van der Waals surface area contributed by atoms with Gasteiger partial charge in [0.2, 0.25) is 0 Å². The molecule has 1 saturated heterocycles. The minimum atomic E-state index is -0.0389. The maximum atomic E-state index is 12.6. The lowest BCUT2D eigenvalue weighted by molar-refractivity contribution is 0.177. The molecule has 1 fully saturated rings. The van der Waals surface area contributed by atoms with Gasteiger partial charge in [-0.3, -0.25) is 9.69 Å². The highest BCUT2D eigenvalue weighted by molar-refractivity contribution is 5.32. The van der Waals surface area contributed by atoms with Gasteiger partial charge in [-0.2, -0.15) is 0 Å². The van der Waals surface area contributed by atoms with E-state index in [2.05, 4.69) is 20.1 Å². The van der Waals surface area contributed by atoms with Crippen LogP contribution in [0.15, 0.2) is 47.5 Å². The standard InChI is InChI=1S/C21H31N5O2/c1-24(2)14-15-26-13-10-22-20(21(26)27)23-18-8-11-25(12-9-18)16-17-28-19-6-4-3-5-7-19/h3-7,10,13,18H,8-9,11-12,14-17H2,1-2H3,(H,22,23). The Morgan fingerprint density at radius 3 is 2.64 bits per heavy atom. The molecule has 28 heavy (non-hydrogen) atoms. The molecule has 0 bridgehead atoms. The van der Waals surface area contributed by atoms with E-state index in [4.69, 9.17) is 4.74 Å². The average molecular weight is 386 g/mol. The van der Waals surface area contributed by atoms with E-state index >= 15 is 0 Å². The first-order chi connectivity index (χ1) is 13.6. The molecule has 2 heterocycles. The SMILES string of the molecule is CN(C)CCn1ccnc(NC2CCN(CCOc3ccccc3)CC2)c1=O. The predicted octanol–water partition coefficient (Wildman–Crippen LogP) is 1.76. The molecule has 0 radical (unpaired) electrons. The van der Waals surface area contributed by atoms with Crippen molar-refractivity contribution in [2.24, 2.45) is 0 Å². The van der Waals surface area contributed by atoms with E-state index in [-0.39, 0.29) is 11.6 Å². The van der Waals surface area contributed by atoms with Gasteiger partial charge in [-0.1, -0.05) is 18.2 Å². The number of rotatable bonds is 9. The van der Waals surface area contributed by atoms with Crippen molar-refractivity contribution in [2.75, 3.05) is 52.2 Å². The molecule has 1 aromatic carbocycles. The third-order valence-corrected chi connectivity index (χ3v) is 5.05. The van der Waals surface area contributed by atoms with Crippen LogP contribution >= 0.6 is 0 Å². The van der Waals surface area contributed by atoms with E-state index in [0.29, 0.717) is 19.0 Å². The van der Waals surface area contributed by atoms with E-state index < -0.39 is 0 Å². The molecule has 0 amide bonds. The topological polar surface area (TPSA) is 62.6 Å². The zero-order valence-electron chi connectivity index (χ0n) is 16.9. The van der Waals surface area contributed by atoms with E-state index in [0.717, 1.165) is 44.8 Å². The largest absolute Gasteiger partial charge is 0.492 e. The van der Waals surface area contributed by atoms with Crippen molar-refractivity contribution in [1.29, 1.82) is 0 Å². The van der Waals surface area contributed by atoms with Crippen LogP contribution in [0.3, 0.4) is 0 Å². The van der Waals surface area contributed by atoms with Gasteiger partial charge in [0.25, 0.3) is 5.56 Å². The van der Waals surface area contributed by atoms with Gasteiger partial charge in [-0.15, -0.1) is 0 Å². The lowest BCUT2D eigenvalue weighted by Crippen LogP contribution is -2.42. The van der Waals surface area contributed by atoms with Gasteiger partial charge in [0, 0.05) is 51.2 Å². The second-order valence-corrected chi connectivity index (χ2v) is 7.50. The van der Waals surface area contributed by atoms with Gasteiger partial charge in [0.1, 0.15) is 12.4 Å². The van der Waals surface area contributed by atoms with Crippen molar-refractivity contribution in [2.45, 2.75) is 25.4 Å². The van der Waals surface area contributed by atoms with Gasteiger partial charge in [0.05, 0.1) is 0 Å². The van der Waals surface area contributed by atoms with Crippen LogP contribution in [0.5, 0.6) is 5.75 Å². The van der Waals surface area contributed by atoms with Gasteiger partial charge < -0.3 is 19.5 Å². The fraction of sp³-hybridized carbons (Fsp3) is 0.524. The monoisotopic (exact) mass is 385 g/mol. The molecule has 2 aromatic rings. The number of nitrogens with zero attached hydrogens (tertiary/aromatic N) is 4. The lowest BCUT2D eigenvalue weighted by atomic mass is 10.1. The first-order valence-corrected chi connectivity index (χ1v) is 9.99. The van der Waals surface area contributed by atoms with Crippen LogP contribution in [-0.4, -0.2) is 72.3 Å². The van der Waals surface area contributed by atoms with Crippen LogP contribution in [0.25, 0.3) is 0 Å². The summed E-state index contributed by atoms with van der Waals surface area (Å²) in [5.74, 6) is 1.38. The number of hydrogen-bond donors (Lipinski definition) is 1. The molecule has 3 rings (SSSR count). The first kappa shape index (κ1) is 20.4. The molecule has 7 heteroatoms. The third kappa shape index (κ3) is 6.07. The molecule has 0 spiro atoms. The Hall–Kier alpha value is -2.38. The van der Waals surface area contributed by atoms with Gasteiger partial charge in [-0.05, 0) is 39.1 Å². The van der Waals surface area contributed by atoms with Crippen LogP contribution in [0, 0.1) is 0 Å². The Morgan fingerprint density at radius 2 is 1.93 bits per heavy atom. The summed E-state index contributed by atoms with van der Waals surface area (Å²) in [6, 6.07) is 10.2. The highest BCUT2D eigenvalue weighted by Crippen LogP contribution is 2.14. The fourth-order valence-electron chi connectivity index (χ4n) is 3.33. The van der Waals surface area contributed by atoms with E-state index in [9.17, 15) is 4.79 Å². The molecule has 0 unspecified atom stereocenters. The summed E-state index contributed by atoms with van der Waals surface area (Å²) in [5.41, 5.74) is -0.0389. The maximum absolute atomic E-state index is 12.6. The van der Waals surface area contributed by atoms with Crippen molar-refractivity contribution < 1.29 is 4.74 Å².